The van der Waals surface area contributed by atoms with E-state index in [1.54, 1.807) is 19.1 Å². The number of hydrogen-bond donors (Lipinski definition) is 2. The van der Waals surface area contributed by atoms with Crippen molar-refractivity contribution in [1.82, 2.24) is 0 Å². The van der Waals surface area contributed by atoms with Crippen LogP contribution in [-0.4, -0.2) is 23.9 Å². The molecule has 1 atom stereocenters. The minimum absolute atomic E-state index is 0.176. The SMILES string of the molecule is CCOC(=O)CCC1(c2ccc(CN)cc2)C=Nc2cc(O)ccc21. The van der Waals surface area contributed by atoms with E-state index < -0.39 is 5.41 Å². The minimum atomic E-state index is -0.511. The van der Waals surface area contributed by atoms with Gasteiger partial charge < -0.3 is 15.6 Å². The summed E-state index contributed by atoms with van der Waals surface area (Å²) in [7, 11) is 0. The fourth-order valence-electron chi connectivity index (χ4n) is 3.30. The van der Waals surface area contributed by atoms with Crippen LogP contribution in [0.25, 0.3) is 0 Å². The van der Waals surface area contributed by atoms with Gasteiger partial charge in [0.25, 0.3) is 0 Å². The van der Waals surface area contributed by atoms with Gasteiger partial charge in [-0.1, -0.05) is 30.3 Å². The largest absolute Gasteiger partial charge is 0.508 e. The fraction of sp³-hybridized carbons (Fsp3) is 0.300. The third kappa shape index (κ3) is 3.28. The fourth-order valence-corrected chi connectivity index (χ4v) is 3.30. The quantitative estimate of drug-likeness (QED) is 0.792. The molecule has 130 valence electrons. The zero-order chi connectivity index (χ0) is 17.9. The first-order chi connectivity index (χ1) is 12.1. The average molecular weight is 338 g/mol. The predicted molar refractivity (Wildman–Crippen MR) is 97.2 cm³/mol. The molecule has 5 nitrogen and oxygen atoms in total. The van der Waals surface area contributed by atoms with Crippen LogP contribution in [-0.2, 0) is 21.5 Å². The highest BCUT2D eigenvalue weighted by atomic mass is 16.5. The highest BCUT2D eigenvalue weighted by Gasteiger charge is 2.38. The number of carbonyl (C=O) groups excluding carboxylic acids is 1. The number of rotatable bonds is 6. The zero-order valence-electron chi connectivity index (χ0n) is 14.2. The van der Waals surface area contributed by atoms with Gasteiger partial charge in [0.1, 0.15) is 5.75 Å². The molecule has 3 rings (SSSR count). The van der Waals surface area contributed by atoms with Gasteiger partial charge in [0.2, 0.25) is 0 Å². The molecule has 1 heterocycles. The first kappa shape index (κ1) is 17.2. The molecule has 2 aromatic carbocycles. The molecule has 0 aliphatic carbocycles. The summed E-state index contributed by atoms with van der Waals surface area (Å²) in [4.78, 5) is 16.4. The van der Waals surface area contributed by atoms with Gasteiger partial charge in [0, 0.05) is 25.2 Å². The maximum atomic E-state index is 11.9. The summed E-state index contributed by atoms with van der Waals surface area (Å²) < 4.78 is 5.09. The lowest BCUT2D eigenvalue weighted by atomic mass is 9.73. The number of nitrogens with zero attached hydrogens (tertiary/aromatic N) is 1. The maximum Gasteiger partial charge on any atom is 0.305 e. The van der Waals surface area contributed by atoms with Gasteiger partial charge in [-0.05, 0) is 36.1 Å². The third-order valence-electron chi connectivity index (χ3n) is 4.62. The molecule has 0 fully saturated rings. The van der Waals surface area contributed by atoms with Gasteiger partial charge in [0.05, 0.1) is 17.7 Å². The van der Waals surface area contributed by atoms with Gasteiger partial charge >= 0.3 is 5.97 Å². The number of carbonyl (C=O) groups is 1. The number of ether oxygens (including phenoxy) is 1. The van der Waals surface area contributed by atoms with E-state index in [4.69, 9.17) is 10.5 Å². The zero-order valence-corrected chi connectivity index (χ0v) is 14.2. The Bertz CT molecular complexity index is 799. The molecule has 0 aromatic heterocycles. The van der Waals surface area contributed by atoms with Crippen LogP contribution in [0.3, 0.4) is 0 Å². The van der Waals surface area contributed by atoms with E-state index in [1.165, 1.54) is 0 Å². The summed E-state index contributed by atoms with van der Waals surface area (Å²) in [6.07, 6.45) is 2.71. The van der Waals surface area contributed by atoms with Crippen LogP contribution in [0.2, 0.25) is 0 Å². The topological polar surface area (TPSA) is 84.9 Å². The van der Waals surface area contributed by atoms with Crippen molar-refractivity contribution in [2.24, 2.45) is 10.7 Å². The first-order valence-electron chi connectivity index (χ1n) is 8.43. The molecular weight excluding hydrogens is 316 g/mol. The van der Waals surface area contributed by atoms with Crippen LogP contribution >= 0.6 is 0 Å². The summed E-state index contributed by atoms with van der Waals surface area (Å²) in [5.41, 5.74) is 8.99. The predicted octanol–water partition coefficient (Wildman–Crippen LogP) is 3.20. The molecule has 3 N–H and O–H groups in total. The Morgan fingerprint density at radius 2 is 2.00 bits per heavy atom. The Labute approximate surface area is 147 Å². The van der Waals surface area contributed by atoms with Crippen molar-refractivity contribution in [2.75, 3.05) is 6.61 Å². The Balaban J connectivity index is 2.01. The van der Waals surface area contributed by atoms with Crippen LogP contribution < -0.4 is 5.73 Å². The number of benzene rings is 2. The van der Waals surface area contributed by atoms with E-state index >= 15 is 0 Å². The summed E-state index contributed by atoms with van der Waals surface area (Å²) >= 11 is 0. The maximum absolute atomic E-state index is 11.9. The monoisotopic (exact) mass is 338 g/mol. The lowest BCUT2D eigenvalue weighted by Crippen LogP contribution is -2.28. The molecular formula is C20H22N2O3. The third-order valence-corrected chi connectivity index (χ3v) is 4.62. The molecule has 2 aromatic rings. The molecule has 0 radical (unpaired) electrons. The van der Waals surface area contributed by atoms with Gasteiger partial charge in [-0.2, -0.15) is 0 Å². The number of esters is 1. The Morgan fingerprint density at radius 3 is 2.68 bits per heavy atom. The second-order valence-corrected chi connectivity index (χ2v) is 6.14. The Kier molecular flexibility index (Phi) is 4.86. The number of nitrogens with two attached hydrogens (primary N) is 1. The van der Waals surface area contributed by atoms with Crippen molar-refractivity contribution in [3.63, 3.8) is 0 Å². The highest BCUT2D eigenvalue weighted by molar-refractivity contribution is 5.90. The van der Waals surface area contributed by atoms with Crippen LogP contribution in [0.4, 0.5) is 5.69 Å². The summed E-state index contributed by atoms with van der Waals surface area (Å²) in [6, 6.07) is 13.2. The Morgan fingerprint density at radius 1 is 1.24 bits per heavy atom. The molecule has 0 spiro atoms. The van der Waals surface area contributed by atoms with Crippen molar-refractivity contribution >= 4 is 17.9 Å². The van der Waals surface area contributed by atoms with Gasteiger partial charge in [-0.25, -0.2) is 0 Å². The molecule has 0 bridgehead atoms. The molecule has 0 saturated carbocycles. The van der Waals surface area contributed by atoms with Crippen molar-refractivity contribution < 1.29 is 14.6 Å². The Hall–Kier alpha value is -2.66. The molecule has 1 unspecified atom stereocenters. The number of aliphatic imine (C=N–C) groups is 1. The van der Waals surface area contributed by atoms with E-state index in [0.717, 1.165) is 22.4 Å². The van der Waals surface area contributed by atoms with E-state index in [1.807, 2.05) is 36.5 Å². The van der Waals surface area contributed by atoms with Crippen LogP contribution in [0.5, 0.6) is 5.75 Å². The normalized spacial score (nSPS) is 18.2. The number of hydrogen-bond acceptors (Lipinski definition) is 5. The smallest absolute Gasteiger partial charge is 0.305 e. The van der Waals surface area contributed by atoms with E-state index in [2.05, 4.69) is 4.99 Å². The molecule has 0 amide bonds. The van der Waals surface area contributed by atoms with Crippen LogP contribution in [0.15, 0.2) is 47.5 Å². The molecule has 0 saturated heterocycles. The summed E-state index contributed by atoms with van der Waals surface area (Å²) in [5.74, 6) is -0.0448. The van der Waals surface area contributed by atoms with Gasteiger partial charge in [-0.15, -0.1) is 0 Å². The molecule has 5 heteroatoms. The second-order valence-electron chi connectivity index (χ2n) is 6.14. The van der Waals surface area contributed by atoms with Crippen molar-refractivity contribution in [2.45, 2.75) is 31.7 Å². The summed E-state index contributed by atoms with van der Waals surface area (Å²) in [5, 5.41) is 9.73. The number of aromatic hydroxyl groups is 1. The van der Waals surface area contributed by atoms with Crippen molar-refractivity contribution in [3.05, 3.63) is 59.2 Å². The van der Waals surface area contributed by atoms with Crippen LogP contribution in [0, 0.1) is 0 Å². The first-order valence-corrected chi connectivity index (χ1v) is 8.43. The van der Waals surface area contributed by atoms with E-state index in [-0.39, 0.29) is 11.7 Å². The molecule has 25 heavy (non-hydrogen) atoms. The van der Waals surface area contributed by atoms with Crippen molar-refractivity contribution in [3.8, 4) is 5.75 Å². The average Bonchev–Trinajstić information content (AvgIpc) is 2.99. The van der Waals surface area contributed by atoms with Gasteiger partial charge in [0.15, 0.2) is 0 Å². The highest BCUT2D eigenvalue weighted by Crippen LogP contribution is 2.45. The lowest BCUT2D eigenvalue weighted by molar-refractivity contribution is -0.143. The minimum Gasteiger partial charge on any atom is -0.508 e. The number of phenols is 1. The van der Waals surface area contributed by atoms with Gasteiger partial charge in [-0.3, -0.25) is 9.79 Å². The lowest BCUT2D eigenvalue weighted by Gasteiger charge is -2.28. The van der Waals surface area contributed by atoms with E-state index in [9.17, 15) is 9.90 Å². The molecule has 1 aliphatic rings. The van der Waals surface area contributed by atoms with E-state index in [0.29, 0.717) is 26.0 Å². The number of phenolic OH excluding ortho intramolecular Hbond substituents is 1. The second kappa shape index (κ2) is 7.07. The standard InChI is InChI=1S/C20H22N2O3/c1-2-25-19(24)9-10-20(15-5-3-14(12-21)4-6-15)13-22-18-11-16(23)7-8-17(18)20/h3-8,11,13,23H,2,9-10,12,21H2,1H3. The molecule has 1 aliphatic heterocycles. The van der Waals surface area contributed by atoms with Crippen molar-refractivity contribution in [1.29, 1.82) is 0 Å². The van der Waals surface area contributed by atoms with Crippen LogP contribution in [0.1, 0.15) is 36.5 Å². The number of fused-ring (bicyclic) bond motifs is 1. The summed E-state index contributed by atoms with van der Waals surface area (Å²) in [6.45, 7) is 2.65.